The van der Waals surface area contributed by atoms with Crippen molar-refractivity contribution in [1.29, 1.82) is 0 Å². The van der Waals surface area contributed by atoms with Crippen molar-refractivity contribution < 1.29 is 4.39 Å². The molecule has 2 aromatic rings. The van der Waals surface area contributed by atoms with Crippen molar-refractivity contribution in [2.45, 2.75) is 26.2 Å². The van der Waals surface area contributed by atoms with Gasteiger partial charge in [0.05, 0.1) is 0 Å². The van der Waals surface area contributed by atoms with Crippen molar-refractivity contribution in [3.8, 4) is 0 Å². The van der Waals surface area contributed by atoms with E-state index in [9.17, 15) is 4.39 Å². The van der Waals surface area contributed by atoms with Crippen LogP contribution in [0, 0.1) is 5.13 Å². The van der Waals surface area contributed by atoms with Crippen LogP contribution in [0.25, 0.3) is 10.1 Å². The van der Waals surface area contributed by atoms with Gasteiger partial charge in [0, 0.05) is 10.3 Å². The molecule has 1 aromatic carbocycles. The summed E-state index contributed by atoms with van der Waals surface area (Å²) >= 11 is 1.26. The fraction of sp³-hybridized carbons (Fsp3) is 0.333. The summed E-state index contributed by atoms with van der Waals surface area (Å²) in [6.45, 7) is 4.17. The Morgan fingerprint density at radius 1 is 1.36 bits per heavy atom. The second kappa shape index (κ2) is 3.70. The number of hydrogen-bond acceptors (Lipinski definition) is 1. The van der Waals surface area contributed by atoms with Crippen molar-refractivity contribution in [2.24, 2.45) is 0 Å². The molecule has 1 heterocycles. The molecule has 0 radical (unpaired) electrons. The summed E-state index contributed by atoms with van der Waals surface area (Å²) in [4.78, 5) is 0. The van der Waals surface area contributed by atoms with Gasteiger partial charge in [0.1, 0.15) is 0 Å². The second-order valence-electron chi connectivity index (χ2n) is 3.59. The van der Waals surface area contributed by atoms with Crippen LogP contribution in [0.3, 0.4) is 0 Å². The molecule has 2 heteroatoms. The van der Waals surface area contributed by atoms with E-state index in [-0.39, 0.29) is 5.13 Å². The lowest BCUT2D eigenvalue weighted by Crippen LogP contribution is -1.91. The lowest BCUT2D eigenvalue weighted by molar-refractivity contribution is 0.613. The molecule has 74 valence electrons. The van der Waals surface area contributed by atoms with Crippen molar-refractivity contribution >= 4 is 21.4 Å². The molecule has 0 nitrogen and oxygen atoms in total. The number of thiophene rings is 1. The molecule has 1 aromatic heterocycles. The lowest BCUT2D eigenvalue weighted by Gasteiger charge is -2.06. The summed E-state index contributed by atoms with van der Waals surface area (Å²) in [5.74, 6) is 0.311. The quantitative estimate of drug-likeness (QED) is 0.679. The average Bonchev–Trinajstić information content (AvgIpc) is 2.53. The molecular formula is C12H13FS. The van der Waals surface area contributed by atoms with Gasteiger partial charge in [-0.15, -0.1) is 11.3 Å². The minimum absolute atomic E-state index is 0.0134. The van der Waals surface area contributed by atoms with E-state index in [4.69, 9.17) is 0 Å². The third kappa shape index (κ3) is 1.44. The SMILES string of the molecule is CCC(C)c1c(F)sc2ccccc12. The first-order chi connectivity index (χ1) is 6.74. The average molecular weight is 208 g/mol. The zero-order valence-electron chi connectivity index (χ0n) is 8.38. The van der Waals surface area contributed by atoms with Gasteiger partial charge in [-0.2, -0.15) is 4.39 Å². The largest absolute Gasteiger partial charge is 0.195 e. The van der Waals surface area contributed by atoms with Gasteiger partial charge in [-0.1, -0.05) is 32.0 Å². The van der Waals surface area contributed by atoms with Crippen LogP contribution in [0.15, 0.2) is 24.3 Å². The lowest BCUT2D eigenvalue weighted by atomic mass is 9.98. The summed E-state index contributed by atoms with van der Waals surface area (Å²) in [6.07, 6.45) is 0.984. The Balaban J connectivity index is 2.67. The van der Waals surface area contributed by atoms with Crippen LogP contribution < -0.4 is 0 Å². The summed E-state index contributed by atoms with van der Waals surface area (Å²) in [7, 11) is 0. The van der Waals surface area contributed by atoms with Gasteiger partial charge in [0.15, 0.2) is 5.13 Å². The van der Waals surface area contributed by atoms with Gasteiger partial charge < -0.3 is 0 Å². The Bertz CT molecular complexity index is 445. The number of benzene rings is 1. The molecule has 0 aliphatic carbocycles. The summed E-state index contributed by atoms with van der Waals surface area (Å²) in [5, 5.41) is 1.07. The fourth-order valence-corrected chi connectivity index (χ4v) is 2.75. The van der Waals surface area contributed by atoms with Crippen LogP contribution in [-0.2, 0) is 0 Å². The van der Waals surface area contributed by atoms with Crippen molar-refractivity contribution in [3.63, 3.8) is 0 Å². The zero-order valence-corrected chi connectivity index (χ0v) is 9.20. The molecule has 0 aliphatic heterocycles. The van der Waals surface area contributed by atoms with Crippen LogP contribution >= 0.6 is 11.3 Å². The Morgan fingerprint density at radius 3 is 2.79 bits per heavy atom. The predicted molar refractivity (Wildman–Crippen MR) is 60.5 cm³/mol. The molecule has 0 saturated carbocycles. The van der Waals surface area contributed by atoms with Gasteiger partial charge in [-0.3, -0.25) is 0 Å². The molecule has 2 rings (SSSR count). The van der Waals surface area contributed by atoms with E-state index in [1.807, 2.05) is 24.3 Å². The van der Waals surface area contributed by atoms with Crippen molar-refractivity contribution in [2.75, 3.05) is 0 Å². The first kappa shape index (κ1) is 9.66. The van der Waals surface area contributed by atoms with Gasteiger partial charge in [-0.05, 0) is 23.8 Å². The fourth-order valence-electron chi connectivity index (χ4n) is 1.70. The van der Waals surface area contributed by atoms with Crippen LogP contribution in [0.2, 0.25) is 0 Å². The maximum atomic E-state index is 13.7. The van der Waals surface area contributed by atoms with Gasteiger partial charge >= 0.3 is 0 Å². The highest BCUT2D eigenvalue weighted by Gasteiger charge is 2.15. The smallest absolute Gasteiger partial charge is 0.181 e. The number of hydrogen-bond donors (Lipinski definition) is 0. The Morgan fingerprint density at radius 2 is 2.07 bits per heavy atom. The maximum absolute atomic E-state index is 13.7. The molecule has 0 N–H and O–H groups in total. The Kier molecular flexibility index (Phi) is 2.55. The molecule has 0 bridgehead atoms. The van der Waals surface area contributed by atoms with Crippen LogP contribution in [0.1, 0.15) is 31.7 Å². The maximum Gasteiger partial charge on any atom is 0.181 e. The van der Waals surface area contributed by atoms with E-state index in [1.165, 1.54) is 11.3 Å². The molecule has 0 aliphatic rings. The highest BCUT2D eigenvalue weighted by Crippen LogP contribution is 2.35. The number of halogens is 1. The first-order valence-corrected chi connectivity index (χ1v) is 5.72. The molecular weight excluding hydrogens is 195 g/mol. The monoisotopic (exact) mass is 208 g/mol. The van der Waals surface area contributed by atoms with Gasteiger partial charge in [0.25, 0.3) is 0 Å². The highest BCUT2D eigenvalue weighted by atomic mass is 32.1. The van der Waals surface area contributed by atoms with Crippen LogP contribution in [-0.4, -0.2) is 0 Å². The normalized spacial score (nSPS) is 13.4. The predicted octanol–water partition coefficient (Wildman–Crippen LogP) is 4.55. The highest BCUT2D eigenvalue weighted by molar-refractivity contribution is 7.17. The summed E-state index contributed by atoms with van der Waals surface area (Å²) < 4.78 is 14.7. The summed E-state index contributed by atoms with van der Waals surface area (Å²) in [5.41, 5.74) is 0.896. The van der Waals surface area contributed by atoms with E-state index in [0.29, 0.717) is 5.92 Å². The van der Waals surface area contributed by atoms with E-state index >= 15 is 0 Å². The Labute approximate surface area is 87.4 Å². The van der Waals surface area contributed by atoms with E-state index in [2.05, 4.69) is 13.8 Å². The topological polar surface area (TPSA) is 0 Å². The molecule has 0 saturated heterocycles. The van der Waals surface area contributed by atoms with Crippen molar-refractivity contribution in [1.82, 2.24) is 0 Å². The minimum Gasteiger partial charge on any atom is -0.195 e. The number of rotatable bonds is 2. The number of fused-ring (bicyclic) bond motifs is 1. The van der Waals surface area contributed by atoms with Crippen LogP contribution in [0.4, 0.5) is 4.39 Å². The van der Waals surface area contributed by atoms with Gasteiger partial charge in [-0.25, -0.2) is 0 Å². The first-order valence-electron chi connectivity index (χ1n) is 4.91. The zero-order chi connectivity index (χ0) is 10.1. The second-order valence-corrected chi connectivity index (χ2v) is 4.60. The van der Waals surface area contributed by atoms with E-state index in [1.54, 1.807) is 0 Å². The minimum atomic E-state index is -0.0134. The Hall–Kier alpha value is -0.890. The third-order valence-electron chi connectivity index (χ3n) is 2.69. The molecule has 1 unspecified atom stereocenters. The molecule has 1 atom stereocenters. The standard InChI is InChI=1S/C12H13FS/c1-3-8(2)11-9-6-4-5-7-10(9)14-12(11)13/h4-8H,3H2,1-2H3. The van der Waals surface area contributed by atoms with Crippen molar-refractivity contribution in [3.05, 3.63) is 35.0 Å². The van der Waals surface area contributed by atoms with E-state index < -0.39 is 0 Å². The van der Waals surface area contributed by atoms with Gasteiger partial charge in [0.2, 0.25) is 0 Å². The molecule has 14 heavy (non-hydrogen) atoms. The van der Waals surface area contributed by atoms with Crippen LogP contribution in [0.5, 0.6) is 0 Å². The molecule has 0 amide bonds. The molecule has 0 spiro atoms. The third-order valence-corrected chi connectivity index (χ3v) is 3.67. The summed E-state index contributed by atoms with van der Waals surface area (Å²) in [6, 6.07) is 7.92. The van der Waals surface area contributed by atoms with E-state index in [0.717, 1.165) is 22.1 Å². The molecule has 0 fully saturated rings.